The monoisotopic (exact) mass is 136 g/mol. The maximum absolute atomic E-state index is 6.68. The van der Waals surface area contributed by atoms with Crippen molar-refractivity contribution in [3.63, 3.8) is 0 Å². The van der Waals surface area contributed by atoms with Crippen LogP contribution in [0.5, 0.6) is 0 Å². The molecule has 10 heavy (non-hydrogen) atoms. The van der Waals surface area contributed by atoms with Crippen molar-refractivity contribution in [1.29, 1.82) is 5.53 Å². The van der Waals surface area contributed by atoms with E-state index >= 15 is 0 Å². The highest BCUT2D eigenvalue weighted by molar-refractivity contribution is 5.23. The number of nitrogens with zero attached hydrogens (tertiary/aromatic N) is 1. The Hall–Kier alpha value is -1.18. The van der Waals surface area contributed by atoms with Gasteiger partial charge in [-0.05, 0) is 19.4 Å². The number of allylic oxidation sites excluding steroid dienone is 5. The molecule has 0 aromatic carbocycles. The van der Waals surface area contributed by atoms with E-state index in [-0.39, 0.29) is 0 Å². The average molecular weight is 136 g/mol. The summed E-state index contributed by atoms with van der Waals surface area (Å²) in [6.07, 6.45) is 5.39. The number of rotatable bonds is 3. The zero-order valence-corrected chi connectivity index (χ0v) is 6.39. The first-order valence-corrected chi connectivity index (χ1v) is 3.06. The Labute approximate surface area is 61.5 Å². The molecule has 54 valence electrons. The van der Waals surface area contributed by atoms with E-state index in [0.29, 0.717) is 0 Å². The van der Waals surface area contributed by atoms with Crippen LogP contribution in [0.1, 0.15) is 13.8 Å². The van der Waals surface area contributed by atoms with Gasteiger partial charge in [0.05, 0.1) is 5.70 Å². The van der Waals surface area contributed by atoms with Crippen LogP contribution in [0.4, 0.5) is 0 Å². The Bertz CT molecular complexity index is 187. The molecule has 1 N–H and O–H groups in total. The topological polar surface area (TPSA) is 36.2 Å². The summed E-state index contributed by atoms with van der Waals surface area (Å²) in [6, 6.07) is 0. The standard InChI is InChI=1S/C8H12N2/c1-4-5-6-7(2)8(3)10-9/h4-6,9H,1H2,2-3H3/b6-5-,8-7+,10-9?. The van der Waals surface area contributed by atoms with Crippen LogP contribution < -0.4 is 0 Å². The molecule has 0 aromatic rings. The zero-order chi connectivity index (χ0) is 7.98. The molecule has 0 spiro atoms. The molecule has 0 aliphatic heterocycles. The quantitative estimate of drug-likeness (QED) is 0.457. The van der Waals surface area contributed by atoms with Crippen LogP contribution in [0.25, 0.3) is 0 Å². The summed E-state index contributed by atoms with van der Waals surface area (Å²) in [4.78, 5) is 0. The molecule has 0 bridgehead atoms. The van der Waals surface area contributed by atoms with Crippen LogP contribution in [0.15, 0.2) is 41.2 Å². The van der Waals surface area contributed by atoms with Crippen molar-refractivity contribution in [2.45, 2.75) is 13.8 Å². The van der Waals surface area contributed by atoms with Crippen LogP contribution in [0, 0.1) is 5.53 Å². The van der Waals surface area contributed by atoms with Gasteiger partial charge in [0, 0.05) is 0 Å². The first kappa shape index (κ1) is 8.82. The van der Waals surface area contributed by atoms with E-state index in [1.807, 2.05) is 19.1 Å². The van der Waals surface area contributed by atoms with Gasteiger partial charge in [0.15, 0.2) is 0 Å². The van der Waals surface area contributed by atoms with Crippen molar-refractivity contribution < 1.29 is 0 Å². The second-order valence-electron chi connectivity index (χ2n) is 1.98. The van der Waals surface area contributed by atoms with Crippen molar-refractivity contribution in [3.8, 4) is 0 Å². The Balaban J connectivity index is 4.31. The Morgan fingerprint density at radius 3 is 2.50 bits per heavy atom. The lowest BCUT2D eigenvalue weighted by molar-refractivity contribution is 1.04. The molecule has 0 aromatic heterocycles. The predicted molar refractivity (Wildman–Crippen MR) is 42.9 cm³/mol. The van der Waals surface area contributed by atoms with Crippen molar-refractivity contribution in [2.24, 2.45) is 5.11 Å². The smallest absolute Gasteiger partial charge is 0.0621 e. The molecule has 0 saturated carbocycles. The summed E-state index contributed by atoms with van der Waals surface area (Å²) < 4.78 is 0. The van der Waals surface area contributed by atoms with Gasteiger partial charge < -0.3 is 0 Å². The summed E-state index contributed by atoms with van der Waals surface area (Å²) >= 11 is 0. The highest BCUT2D eigenvalue weighted by Crippen LogP contribution is 2.04. The Kier molecular flexibility index (Phi) is 4.12. The summed E-state index contributed by atoms with van der Waals surface area (Å²) in [5.74, 6) is 0. The highest BCUT2D eigenvalue weighted by atomic mass is 15.0. The maximum atomic E-state index is 6.68. The molecule has 0 rings (SSSR count). The van der Waals surface area contributed by atoms with E-state index in [9.17, 15) is 0 Å². The number of hydrogen-bond acceptors (Lipinski definition) is 2. The lowest BCUT2D eigenvalue weighted by Gasteiger charge is -1.91. The van der Waals surface area contributed by atoms with Gasteiger partial charge in [-0.3, -0.25) is 0 Å². The van der Waals surface area contributed by atoms with Gasteiger partial charge in [-0.2, -0.15) is 5.11 Å². The molecular weight excluding hydrogens is 124 g/mol. The minimum Gasteiger partial charge on any atom is -0.205 e. The van der Waals surface area contributed by atoms with Gasteiger partial charge in [-0.1, -0.05) is 24.8 Å². The van der Waals surface area contributed by atoms with Crippen LogP contribution in [-0.2, 0) is 0 Å². The molecule has 0 aliphatic carbocycles. The second kappa shape index (κ2) is 4.68. The van der Waals surface area contributed by atoms with Crippen molar-refractivity contribution in [1.82, 2.24) is 0 Å². The molecule has 2 nitrogen and oxygen atoms in total. The molecule has 0 heterocycles. The van der Waals surface area contributed by atoms with Gasteiger partial charge in [-0.25, -0.2) is 5.53 Å². The third-order valence-electron chi connectivity index (χ3n) is 1.22. The summed E-state index contributed by atoms with van der Waals surface area (Å²) in [5.41, 5.74) is 8.41. The van der Waals surface area contributed by atoms with Gasteiger partial charge in [0.25, 0.3) is 0 Å². The average Bonchev–Trinajstić information content (AvgIpc) is 1.98. The van der Waals surface area contributed by atoms with E-state index in [1.165, 1.54) is 0 Å². The Morgan fingerprint density at radius 2 is 2.10 bits per heavy atom. The lowest BCUT2D eigenvalue weighted by Crippen LogP contribution is -1.73. The third kappa shape index (κ3) is 2.97. The van der Waals surface area contributed by atoms with Crippen molar-refractivity contribution >= 4 is 0 Å². The van der Waals surface area contributed by atoms with E-state index in [2.05, 4.69) is 11.7 Å². The minimum atomic E-state index is 0.734. The highest BCUT2D eigenvalue weighted by Gasteiger charge is 1.86. The Morgan fingerprint density at radius 1 is 1.50 bits per heavy atom. The third-order valence-corrected chi connectivity index (χ3v) is 1.22. The van der Waals surface area contributed by atoms with E-state index in [1.54, 1.807) is 13.0 Å². The summed E-state index contributed by atoms with van der Waals surface area (Å²) in [5, 5.41) is 3.29. The van der Waals surface area contributed by atoms with Crippen molar-refractivity contribution in [2.75, 3.05) is 0 Å². The van der Waals surface area contributed by atoms with Crippen molar-refractivity contribution in [3.05, 3.63) is 36.1 Å². The fourth-order valence-electron chi connectivity index (χ4n) is 0.421. The second-order valence-corrected chi connectivity index (χ2v) is 1.98. The summed E-state index contributed by atoms with van der Waals surface area (Å²) in [6.45, 7) is 7.24. The summed E-state index contributed by atoms with van der Waals surface area (Å²) in [7, 11) is 0. The van der Waals surface area contributed by atoms with Crippen LogP contribution in [0.2, 0.25) is 0 Å². The molecule has 0 amide bonds. The fraction of sp³-hybridized carbons (Fsp3) is 0.250. The zero-order valence-electron chi connectivity index (χ0n) is 6.39. The van der Waals surface area contributed by atoms with Gasteiger partial charge in [0.2, 0.25) is 0 Å². The van der Waals surface area contributed by atoms with Gasteiger partial charge in [-0.15, -0.1) is 0 Å². The molecule has 0 fully saturated rings. The van der Waals surface area contributed by atoms with Gasteiger partial charge >= 0.3 is 0 Å². The lowest BCUT2D eigenvalue weighted by atomic mass is 10.2. The molecule has 0 aliphatic rings. The molecule has 0 atom stereocenters. The van der Waals surface area contributed by atoms with E-state index < -0.39 is 0 Å². The largest absolute Gasteiger partial charge is 0.205 e. The number of hydrogen-bond donors (Lipinski definition) is 1. The van der Waals surface area contributed by atoms with E-state index in [0.717, 1.165) is 11.3 Å². The molecule has 2 heteroatoms. The van der Waals surface area contributed by atoms with Crippen LogP contribution >= 0.6 is 0 Å². The normalized spacial score (nSPS) is 13.0. The van der Waals surface area contributed by atoms with Crippen LogP contribution in [-0.4, -0.2) is 0 Å². The molecule has 0 unspecified atom stereocenters. The maximum Gasteiger partial charge on any atom is 0.0621 e. The predicted octanol–water partition coefficient (Wildman–Crippen LogP) is 3.05. The SMILES string of the molecule is C=C/C=C\C(C)=C(/C)N=N. The van der Waals surface area contributed by atoms with E-state index in [4.69, 9.17) is 5.53 Å². The molecular formula is C8H12N2. The molecule has 0 saturated heterocycles. The first-order chi connectivity index (χ1) is 4.72. The van der Waals surface area contributed by atoms with Gasteiger partial charge in [0.1, 0.15) is 0 Å². The minimum absolute atomic E-state index is 0.734. The number of nitrogens with one attached hydrogen (secondary N) is 1. The first-order valence-electron chi connectivity index (χ1n) is 3.06. The fourth-order valence-corrected chi connectivity index (χ4v) is 0.421. The van der Waals surface area contributed by atoms with Crippen LogP contribution in [0.3, 0.4) is 0 Å². The molecule has 0 radical (unpaired) electrons.